The number of ether oxygens (including phenoxy) is 1. The average molecular weight is 382 g/mol. The molecule has 0 saturated carbocycles. The number of anilines is 1. The smallest absolute Gasteiger partial charge is 0.286 e. The number of benzene rings is 2. The van der Waals surface area contributed by atoms with Gasteiger partial charge in [0.15, 0.2) is 0 Å². The minimum Gasteiger partial charge on any atom is -0.364 e. The number of hydrogen-bond donors (Lipinski definition) is 2. The number of aromatic nitrogens is 2. The molecule has 2 N–H and O–H groups in total. The molecule has 0 radical (unpaired) electrons. The summed E-state index contributed by atoms with van der Waals surface area (Å²) >= 11 is 1.13. The maximum Gasteiger partial charge on any atom is 0.286 e. The summed E-state index contributed by atoms with van der Waals surface area (Å²) in [4.78, 5) is 23.9. The normalized spacial score (nSPS) is 10.4. The van der Waals surface area contributed by atoms with Crippen LogP contribution in [0.4, 0.5) is 5.69 Å². The Morgan fingerprint density at radius 3 is 2.41 bits per heavy atom. The van der Waals surface area contributed by atoms with Gasteiger partial charge in [0.1, 0.15) is 18.2 Å². The van der Waals surface area contributed by atoms with E-state index in [1.165, 1.54) is 0 Å². The minimum absolute atomic E-state index is 0.0854. The standard InChI is InChI=1S/C19H18N4O3S/c24-16(20-11-14-7-3-1-4-8-14)12-26-13-17-22-23-19(27-17)18(25)21-15-9-5-2-6-10-15/h1-10H,11-13H2,(H,20,24)(H,21,25). The third-order valence-electron chi connectivity index (χ3n) is 3.48. The summed E-state index contributed by atoms with van der Waals surface area (Å²) in [6.45, 7) is 0.485. The van der Waals surface area contributed by atoms with Gasteiger partial charge in [-0.2, -0.15) is 0 Å². The van der Waals surface area contributed by atoms with E-state index < -0.39 is 0 Å². The first-order chi connectivity index (χ1) is 13.2. The molecular weight excluding hydrogens is 364 g/mol. The van der Waals surface area contributed by atoms with Crippen molar-refractivity contribution in [1.82, 2.24) is 15.5 Å². The molecule has 0 unspecified atom stereocenters. The van der Waals surface area contributed by atoms with Gasteiger partial charge in [-0.25, -0.2) is 0 Å². The monoisotopic (exact) mass is 382 g/mol. The molecule has 0 saturated heterocycles. The van der Waals surface area contributed by atoms with Crippen LogP contribution in [0.3, 0.4) is 0 Å². The zero-order chi connectivity index (χ0) is 18.9. The molecule has 1 aromatic heterocycles. The largest absolute Gasteiger partial charge is 0.364 e. The van der Waals surface area contributed by atoms with Gasteiger partial charge in [-0.3, -0.25) is 9.59 Å². The van der Waals surface area contributed by atoms with Gasteiger partial charge in [0, 0.05) is 12.2 Å². The van der Waals surface area contributed by atoms with Gasteiger partial charge in [0.25, 0.3) is 5.91 Å². The van der Waals surface area contributed by atoms with Gasteiger partial charge in [-0.15, -0.1) is 10.2 Å². The van der Waals surface area contributed by atoms with E-state index in [1.807, 2.05) is 48.5 Å². The Hall–Kier alpha value is -3.10. The molecule has 8 heteroatoms. The Kier molecular flexibility index (Phi) is 6.61. The molecule has 2 amide bonds. The van der Waals surface area contributed by atoms with E-state index in [2.05, 4.69) is 20.8 Å². The molecule has 0 atom stereocenters. The minimum atomic E-state index is -0.328. The van der Waals surface area contributed by atoms with Crippen LogP contribution in [0.2, 0.25) is 0 Å². The van der Waals surface area contributed by atoms with Crippen molar-refractivity contribution in [3.63, 3.8) is 0 Å². The van der Waals surface area contributed by atoms with E-state index in [0.29, 0.717) is 17.2 Å². The summed E-state index contributed by atoms with van der Waals surface area (Å²) in [5, 5.41) is 14.1. The van der Waals surface area contributed by atoms with Crippen LogP contribution in [0.15, 0.2) is 60.7 Å². The first-order valence-corrected chi connectivity index (χ1v) is 9.09. The summed E-state index contributed by atoms with van der Waals surface area (Å²) in [7, 11) is 0. The second-order valence-electron chi connectivity index (χ2n) is 5.58. The molecule has 1 heterocycles. The lowest BCUT2D eigenvalue weighted by atomic mass is 10.2. The van der Waals surface area contributed by atoms with Crippen molar-refractivity contribution >= 4 is 28.8 Å². The molecule has 0 spiro atoms. The first kappa shape index (κ1) is 18.7. The molecule has 2 aromatic carbocycles. The zero-order valence-corrected chi connectivity index (χ0v) is 15.2. The fourth-order valence-corrected chi connectivity index (χ4v) is 2.86. The zero-order valence-electron chi connectivity index (χ0n) is 14.4. The van der Waals surface area contributed by atoms with E-state index >= 15 is 0 Å². The van der Waals surface area contributed by atoms with E-state index in [4.69, 9.17) is 4.74 Å². The first-order valence-electron chi connectivity index (χ1n) is 8.28. The molecule has 7 nitrogen and oxygen atoms in total. The van der Waals surface area contributed by atoms with Gasteiger partial charge < -0.3 is 15.4 Å². The highest BCUT2D eigenvalue weighted by molar-refractivity contribution is 7.13. The molecule has 0 bridgehead atoms. The van der Waals surface area contributed by atoms with Crippen LogP contribution in [-0.2, 0) is 22.7 Å². The summed E-state index contributed by atoms with van der Waals surface area (Å²) in [5.74, 6) is -0.545. The lowest BCUT2D eigenvalue weighted by Crippen LogP contribution is -2.27. The van der Waals surface area contributed by atoms with E-state index in [-0.39, 0.29) is 30.0 Å². The van der Waals surface area contributed by atoms with Crippen molar-refractivity contribution < 1.29 is 14.3 Å². The maximum atomic E-state index is 12.1. The number of nitrogens with one attached hydrogen (secondary N) is 2. The van der Waals surface area contributed by atoms with Crippen molar-refractivity contribution in [2.75, 3.05) is 11.9 Å². The van der Waals surface area contributed by atoms with Crippen LogP contribution < -0.4 is 10.6 Å². The van der Waals surface area contributed by atoms with Crippen LogP contribution in [0.1, 0.15) is 20.4 Å². The molecule has 138 valence electrons. The average Bonchev–Trinajstić information content (AvgIpc) is 3.17. The lowest BCUT2D eigenvalue weighted by molar-refractivity contribution is -0.126. The topological polar surface area (TPSA) is 93.2 Å². The van der Waals surface area contributed by atoms with E-state index in [9.17, 15) is 9.59 Å². The summed E-state index contributed by atoms with van der Waals surface area (Å²) in [5.41, 5.74) is 1.70. The lowest BCUT2D eigenvalue weighted by Gasteiger charge is -2.05. The quantitative estimate of drug-likeness (QED) is 0.625. The SMILES string of the molecule is O=C(COCc1nnc(C(=O)Nc2ccccc2)s1)NCc1ccccc1. The van der Waals surface area contributed by atoms with Crippen LogP contribution in [0.25, 0.3) is 0 Å². The van der Waals surface area contributed by atoms with Gasteiger partial charge in [0.2, 0.25) is 10.9 Å². The van der Waals surface area contributed by atoms with Gasteiger partial charge in [0.05, 0.1) is 0 Å². The summed E-state index contributed by atoms with van der Waals surface area (Å²) < 4.78 is 5.35. The van der Waals surface area contributed by atoms with Crippen molar-refractivity contribution in [3.8, 4) is 0 Å². The highest BCUT2D eigenvalue weighted by Crippen LogP contribution is 2.13. The predicted octanol–water partition coefficient (Wildman–Crippen LogP) is 2.62. The summed E-state index contributed by atoms with van der Waals surface area (Å²) in [6.07, 6.45) is 0. The molecule has 3 aromatic rings. The van der Waals surface area contributed by atoms with Crippen molar-refractivity contribution in [3.05, 3.63) is 76.2 Å². The number of para-hydroxylation sites is 1. The molecule has 0 aliphatic carbocycles. The number of amides is 2. The van der Waals surface area contributed by atoms with Crippen LogP contribution >= 0.6 is 11.3 Å². The number of hydrogen-bond acceptors (Lipinski definition) is 6. The Morgan fingerprint density at radius 2 is 1.67 bits per heavy atom. The molecule has 3 rings (SSSR count). The Morgan fingerprint density at radius 1 is 0.963 bits per heavy atom. The van der Waals surface area contributed by atoms with E-state index in [0.717, 1.165) is 16.9 Å². The van der Waals surface area contributed by atoms with Crippen molar-refractivity contribution in [1.29, 1.82) is 0 Å². The molecule has 27 heavy (non-hydrogen) atoms. The van der Waals surface area contributed by atoms with Crippen LogP contribution in [-0.4, -0.2) is 28.6 Å². The fourth-order valence-electron chi connectivity index (χ4n) is 2.19. The van der Waals surface area contributed by atoms with Crippen molar-refractivity contribution in [2.24, 2.45) is 0 Å². The van der Waals surface area contributed by atoms with E-state index in [1.54, 1.807) is 12.1 Å². The number of rotatable bonds is 8. The van der Waals surface area contributed by atoms with Gasteiger partial charge in [-0.1, -0.05) is 59.9 Å². The highest BCUT2D eigenvalue weighted by atomic mass is 32.1. The summed E-state index contributed by atoms with van der Waals surface area (Å²) in [6, 6.07) is 18.7. The number of carbonyl (C=O) groups excluding carboxylic acids is 2. The van der Waals surface area contributed by atoms with Gasteiger partial charge >= 0.3 is 0 Å². The molecule has 0 fully saturated rings. The fraction of sp³-hybridized carbons (Fsp3) is 0.158. The molecular formula is C19H18N4O3S. The molecule has 0 aliphatic heterocycles. The van der Waals surface area contributed by atoms with Crippen LogP contribution in [0, 0.1) is 0 Å². The second kappa shape index (κ2) is 9.56. The molecule has 0 aliphatic rings. The highest BCUT2D eigenvalue weighted by Gasteiger charge is 2.13. The Balaban J connectivity index is 1.40. The second-order valence-corrected chi connectivity index (χ2v) is 6.64. The number of nitrogens with zero attached hydrogens (tertiary/aromatic N) is 2. The number of carbonyl (C=O) groups is 2. The van der Waals surface area contributed by atoms with Gasteiger partial charge in [-0.05, 0) is 17.7 Å². The van der Waals surface area contributed by atoms with Crippen LogP contribution in [0.5, 0.6) is 0 Å². The maximum absolute atomic E-state index is 12.1. The Bertz CT molecular complexity index is 884. The Labute approximate surface area is 160 Å². The third kappa shape index (κ3) is 5.98. The van der Waals surface area contributed by atoms with Crippen molar-refractivity contribution in [2.45, 2.75) is 13.2 Å². The third-order valence-corrected chi connectivity index (χ3v) is 4.38. The predicted molar refractivity (Wildman–Crippen MR) is 102 cm³/mol.